The van der Waals surface area contributed by atoms with Crippen molar-refractivity contribution in [1.29, 1.82) is 0 Å². The van der Waals surface area contributed by atoms with E-state index in [1.54, 1.807) is 12.2 Å². The highest BCUT2D eigenvalue weighted by molar-refractivity contribution is 6.00. The predicted octanol–water partition coefficient (Wildman–Crippen LogP) is 0.235. The molecule has 69 valence electrons. The van der Waals surface area contributed by atoms with Crippen molar-refractivity contribution < 1.29 is 4.79 Å². The average molecular weight is 177 g/mol. The summed E-state index contributed by atoms with van der Waals surface area (Å²) in [6.45, 7) is 1.93. The summed E-state index contributed by atoms with van der Waals surface area (Å²) in [4.78, 5) is 13.7. The zero-order chi connectivity index (χ0) is 9.26. The molecule has 1 heterocycles. The van der Waals surface area contributed by atoms with Crippen LogP contribution in [0.4, 0.5) is 0 Å². The van der Waals surface area contributed by atoms with Gasteiger partial charge in [0.05, 0.1) is 11.7 Å². The molecule has 0 saturated carbocycles. The highest BCUT2D eigenvalue weighted by atomic mass is 16.1. The fourth-order valence-electron chi connectivity index (χ4n) is 1.73. The molecule has 1 saturated heterocycles. The van der Waals surface area contributed by atoms with Gasteiger partial charge in [-0.15, -0.1) is 0 Å². The first kappa shape index (κ1) is 8.51. The van der Waals surface area contributed by atoms with E-state index in [1.807, 2.05) is 0 Å². The molecule has 0 bridgehead atoms. The van der Waals surface area contributed by atoms with Gasteiger partial charge in [-0.05, 0) is 12.8 Å². The zero-order valence-corrected chi connectivity index (χ0v) is 7.49. The van der Waals surface area contributed by atoms with Gasteiger partial charge < -0.3 is 10.6 Å². The normalized spacial score (nSPS) is 28.1. The standard InChI is InChI=1S/C10H13N2O/c11-8-4-3-5-9(10(8)13)12-6-1-2-7-12/h3-4,8H,1-2,6-7,11H2. The lowest BCUT2D eigenvalue weighted by atomic mass is 10.0. The summed E-state index contributed by atoms with van der Waals surface area (Å²) < 4.78 is 0. The van der Waals surface area contributed by atoms with Crippen molar-refractivity contribution in [2.75, 3.05) is 13.1 Å². The van der Waals surface area contributed by atoms with Gasteiger partial charge in [0.25, 0.3) is 0 Å². The number of likely N-dealkylation sites (tertiary alicyclic amines) is 1. The molecule has 3 heteroatoms. The number of rotatable bonds is 1. The van der Waals surface area contributed by atoms with Crippen LogP contribution in [0.15, 0.2) is 17.8 Å². The van der Waals surface area contributed by atoms with Gasteiger partial charge in [-0.1, -0.05) is 12.2 Å². The third-order valence-corrected chi connectivity index (χ3v) is 2.48. The monoisotopic (exact) mass is 177 g/mol. The minimum absolute atomic E-state index is 0.00407. The van der Waals surface area contributed by atoms with Crippen LogP contribution in [-0.2, 0) is 4.79 Å². The van der Waals surface area contributed by atoms with E-state index in [-0.39, 0.29) is 5.78 Å². The van der Waals surface area contributed by atoms with Crippen LogP contribution >= 0.6 is 0 Å². The number of hydrogen-bond acceptors (Lipinski definition) is 3. The van der Waals surface area contributed by atoms with Crippen molar-refractivity contribution in [3.05, 3.63) is 23.9 Å². The number of carbonyl (C=O) groups is 1. The second kappa shape index (κ2) is 3.34. The van der Waals surface area contributed by atoms with Gasteiger partial charge in [0.2, 0.25) is 0 Å². The summed E-state index contributed by atoms with van der Waals surface area (Å²) in [5.74, 6) is 0.00407. The zero-order valence-electron chi connectivity index (χ0n) is 7.49. The van der Waals surface area contributed by atoms with Gasteiger partial charge in [-0.3, -0.25) is 4.79 Å². The summed E-state index contributed by atoms with van der Waals surface area (Å²) in [6, 6.07) is -0.461. The summed E-state index contributed by atoms with van der Waals surface area (Å²) >= 11 is 0. The van der Waals surface area contributed by atoms with Crippen molar-refractivity contribution in [3.8, 4) is 0 Å². The van der Waals surface area contributed by atoms with Crippen molar-refractivity contribution in [3.63, 3.8) is 0 Å². The first-order valence-corrected chi connectivity index (χ1v) is 4.64. The molecule has 1 aliphatic heterocycles. The first-order chi connectivity index (χ1) is 6.29. The largest absolute Gasteiger partial charge is 0.368 e. The molecule has 2 N–H and O–H groups in total. The Morgan fingerprint density at radius 1 is 1.46 bits per heavy atom. The highest BCUT2D eigenvalue weighted by Gasteiger charge is 2.25. The molecule has 1 atom stereocenters. The molecule has 0 amide bonds. The van der Waals surface area contributed by atoms with E-state index in [2.05, 4.69) is 11.0 Å². The van der Waals surface area contributed by atoms with Crippen LogP contribution in [0.1, 0.15) is 12.8 Å². The molecule has 1 unspecified atom stereocenters. The predicted molar refractivity (Wildman–Crippen MR) is 49.7 cm³/mol. The van der Waals surface area contributed by atoms with Crippen molar-refractivity contribution in [2.45, 2.75) is 18.9 Å². The molecule has 1 radical (unpaired) electrons. The molecule has 1 aliphatic carbocycles. The van der Waals surface area contributed by atoms with Crippen LogP contribution in [0, 0.1) is 6.08 Å². The number of nitrogens with zero attached hydrogens (tertiary/aromatic N) is 1. The number of nitrogens with two attached hydrogens (primary N) is 1. The molecular formula is C10H13N2O. The Kier molecular flexibility index (Phi) is 2.19. The topological polar surface area (TPSA) is 46.3 Å². The minimum atomic E-state index is -0.461. The number of hydrogen-bond donors (Lipinski definition) is 1. The van der Waals surface area contributed by atoms with E-state index in [0.29, 0.717) is 5.70 Å². The van der Waals surface area contributed by atoms with Crippen molar-refractivity contribution in [2.24, 2.45) is 5.73 Å². The Hall–Kier alpha value is -1.09. The summed E-state index contributed by atoms with van der Waals surface area (Å²) in [5, 5.41) is 0. The smallest absolute Gasteiger partial charge is 0.200 e. The Morgan fingerprint density at radius 2 is 2.15 bits per heavy atom. The van der Waals surface area contributed by atoms with E-state index in [9.17, 15) is 4.79 Å². The number of ketones is 1. The third kappa shape index (κ3) is 1.52. The van der Waals surface area contributed by atoms with Gasteiger partial charge >= 0.3 is 0 Å². The average Bonchev–Trinajstić information content (AvgIpc) is 2.62. The molecule has 1 fully saturated rings. The van der Waals surface area contributed by atoms with Gasteiger partial charge in [-0.2, -0.15) is 0 Å². The molecular weight excluding hydrogens is 164 g/mol. The van der Waals surface area contributed by atoms with Crippen LogP contribution in [0.25, 0.3) is 0 Å². The molecule has 0 aromatic heterocycles. The maximum atomic E-state index is 11.6. The molecule has 0 aromatic carbocycles. The highest BCUT2D eigenvalue weighted by Crippen LogP contribution is 2.18. The fraction of sp³-hybridized carbons (Fsp3) is 0.500. The molecule has 2 rings (SSSR count). The lowest BCUT2D eigenvalue weighted by molar-refractivity contribution is -0.117. The van der Waals surface area contributed by atoms with Crippen LogP contribution < -0.4 is 5.73 Å². The quantitative estimate of drug-likeness (QED) is 0.624. The lowest BCUT2D eigenvalue weighted by Crippen LogP contribution is -2.37. The summed E-state index contributed by atoms with van der Waals surface area (Å²) in [7, 11) is 0. The SMILES string of the molecule is NC1C=C[C]=C(N2CCCC2)C1=O. The van der Waals surface area contributed by atoms with Crippen LogP contribution in [0.3, 0.4) is 0 Å². The number of carbonyl (C=O) groups excluding carboxylic acids is 1. The second-order valence-electron chi connectivity index (χ2n) is 3.44. The molecule has 0 aromatic rings. The Morgan fingerprint density at radius 3 is 2.85 bits per heavy atom. The summed E-state index contributed by atoms with van der Waals surface area (Å²) in [6.07, 6.45) is 8.73. The van der Waals surface area contributed by atoms with Crippen LogP contribution in [0.5, 0.6) is 0 Å². The molecule has 0 spiro atoms. The minimum Gasteiger partial charge on any atom is -0.368 e. The van der Waals surface area contributed by atoms with Crippen molar-refractivity contribution in [1.82, 2.24) is 4.90 Å². The van der Waals surface area contributed by atoms with E-state index >= 15 is 0 Å². The molecule has 13 heavy (non-hydrogen) atoms. The Bertz CT molecular complexity index is 275. The van der Waals surface area contributed by atoms with Crippen molar-refractivity contribution >= 4 is 5.78 Å². The van der Waals surface area contributed by atoms with Gasteiger partial charge in [-0.25, -0.2) is 0 Å². The Labute approximate surface area is 77.9 Å². The maximum Gasteiger partial charge on any atom is 0.200 e. The summed E-state index contributed by atoms with van der Waals surface area (Å²) in [5.41, 5.74) is 6.29. The number of Topliss-reactive ketones (excluding diaryl/α,β-unsaturated/α-hetero) is 1. The van der Waals surface area contributed by atoms with E-state index < -0.39 is 6.04 Å². The first-order valence-electron chi connectivity index (χ1n) is 4.64. The lowest BCUT2D eigenvalue weighted by Gasteiger charge is -2.23. The van der Waals surface area contributed by atoms with E-state index in [1.165, 1.54) is 0 Å². The maximum absolute atomic E-state index is 11.6. The Balaban J connectivity index is 2.17. The van der Waals surface area contributed by atoms with Crippen LogP contribution in [-0.4, -0.2) is 29.8 Å². The van der Waals surface area contributed by atoms with E-state index in [0.717, 1.165) is 25.9 Å². The fourth-order valence-corrected chi connectivity index (χ4v) is 1.73. The number of allylic oxidation sites excluding steroid dienone is 2. The van der Waals surface area contributed by atoms with Gasteiger partial charge in [0, 0.05) is 19.2 Å². The van der Waals surface area contributed by atoms with Gasteiger partial charge in [0.15, 0.2) is 5.78 Å². The van der Waals surface area contributed by atoms with E-state index in [4.69, 9.17) is 5.73 Å². The second-order valence-corrected chi connectivity index (χ2v) is 3.44. The molecule has 3 nitrogen and oxygen atoms in total. The van der Waals surface area contributed by atoms with Gasteiger partial charge in [0.1, 0.15) is 0 Å². The van der Waals surface area contributed by atoms with Crippen LogP contribution in [0.2, 0.25) is 0 Å². The third-order valence-electron chi connectivity index (χ3n) is 2.48. The molecule has 2 aliphatic rings.